The second-order valence-electron chi connectivity index (χ2n) is 6.02. The van der Waals surface area contributed by atoms with E-state index in [9.17, 15) is 9.18 Å². The van der Waals surface area contributed by atoms with E-state index >= 15 is 0 Å². The molecule has 2 heterocycles. The van der Waals surface area contributed by atoms with Crippen LogP contribution in [0.25, 0.3) is 0 Å². The van der Waals surface area contributed by atoms with Gasteiger partial charge in [-0.15, -0.1) is 0 Å². The van der Waals surface area contributed by atoms with E-state index in [2.05, 4.69) is 4.90 Å². The highest BCUT2D eigenvalue weighted by molar-refractivity contribution is 5.99. The first-order valence-corrected chi connectivity index (χ1v) is 7.73. The summed E-state index contributed by atoms with van der Waals surface area (Å²) in [6.45, 7) is 3.73. The SMILES string of the molecule is Nc1ccc(F)cc1C(=O)N1CCC(N2CCCCC2)C1. The van der Waals surface area contributed by atoms with Crippen molar-refractivity contribution in [2.24, 2.45) is 0 Å². The fourth-order valence-electron chi connectivity index (χ4n) is 3.39. The molecule has 5 heteroatoms. The molecule has 1 atom stereocenters. The lowest BCUT2D eigenvalue weighted by Crippen LogP contribution is -2.41. The smallest absolute Gasteiger partial charge is 0.256 e. The van der Waals surface area contributed by atoms with Crippen LogP contribution in [0.4, 0.5) is 10.1 Å². The standard InChI is InChI=1S/C16H22FN3O/c17-12-4-5-15(18)14(10-12)16(21)20-9-6-13(11-20)19-7-2-1-3-8-19/h4-5,10,13H,1-3,6-9,11,18H2. The summed E-state index contributed by atoms with van der Waals surface area (Å²) in [6, 6.07) is 4.43. The van der Waals surface area contributed by atoms with E-state index in [1.54, 1.807) is 0 Å². The minimum Gasteiger partial charge on any atom is -0.398 e. The van der Waals surface area contributed by atoms with Gasteiger partial charge in [-0.1, -0.05) is 6.42 Å². The lowest BCUT2D eigenvalue weighted by atomic mass is 10.1. The third-order valence-corrected chi connectivity index (χ3v) is 4.60. The fourth-order valence-corrected chi connectivity index (χ4v) is 3.39. The van der Waals surface area contributed by atoms with Gasteiger partial charge in [0.1, 0.15) is 5.82 Å². The highest BCUT2D eigenvalue weighted by Gasteiger charge is 2.31. The first-order valence-electron chi connectivity index (χ1n) is 7.73. The van der Waals surface area contributed by atoms with E-state index in [-0.39, 0.29) is 11.5 Å². The van der Waals surface area contributed by atoms with Crippen molar-refractivity contribution in [1.29, 1.82) is 0 Å². The zero-order valence-corrected chi connectivity index (χ0v) is 12.2. The summed E-state index contributed by atoms with van der Waals surface area (Å²) < 4.78 is 13.3. The van der Waals surface area contributed by atoms with E-state index in [0.29, 0.717) is 11.7 Å². The number of anilines is 1. The summed E-state index contributed by atoms with van der Waals surface area (Å²) in [4.78, 5) is 16.8. The van der Waals surface area contributed by atoms with Gasteiger partial charge in [-0.3, -0.25) is 9.69 Å². The predicted octanol–water partition coefficient (Wildman–Crippen LogP) is 2.11. The van der Waals surface area contributed by atoms with Crippen molar-refractivity contribution in [3.63, 3.8) is 0 Å². The van der Waals surface area contributed by atoms with Gasteiger partial charge in [0.25, 0.3) is 5.91 Å². The summed E-state index contributed by atoms with van der Waals surface area (Å²) in [5, 5.41) is 0. The Morgan fingerprint density at radius 2 is 1.95 bits per heavy atom. The summed E-state index contributed by atoms with van der Waals surface area (Å²) in [5.41, 5.74) is 6.45. The van der Waals surface area contributed by atoms with Crippen molar-refractivity contribution in [1.82, 2.24) is 9.80 Å². The number of nitrogens with zero attached hydrogens (tertiary/aromatic N) is 2. The van der Waals surface area contributed by atoms with Crippen molar-refractivity contribution in [3.05, 3.63) is 29.6 Å². The van der Waals surface area contributed by atoms with Gasteiger partial charge < -0.3 is 10.6 Å². The van der Waals surface area contributed by atoms with Crippen LogP contribution >= 0.6 is 0 Å². The maximum Gasteiger partial charge on any atom is 0.256 e. The third kappa shape index (κ3) is 3.02. The maximum atomic E-state index is 13.3. The fraction of sp³-hybridized carbons (Fsp3) is 0.562. The van der Waals surface area contributed by atoms with Crippen LogP contribution < -0.4 is 5.73 Å². The maximum absolute atomic E-state index is 13.3. The van der Waals surface area contributed by atoms with Crippen LogP contribution in [0.5, 0.6) is 0 Å². The molecule has 0 bridgehead atoms. The van der Waals surface area contributed by atoms with Gasteiger partial charge in [0.2, 0.25) is 0 Å². The second-order valence-corrected chi connectivity index (χ2v) is 6.02. The number of amides is 1. The van der Waals surface area contributed by atoms with E-state index in [4.69, 9.17) is 5.73 Å². The monoisotopic (exact) mass is 291 g/mol. The quantitative estimate of drug-likeness (QED) is 0.849. The Morgan fingerprint density at radius 1 is 1.19 bits per heavy atom. The Balaban J connectivity index is 1.67. The van der Waals surface area contributed by atoms with E-state index < -0.39 is 5.82 Å². The van der Waals surface area contributed by atoms with Crippen molar-refractivity contribution in [2.45, 2.75) is 31.7 Å². The van der Waals surface area contributed by atoms with Crippen LogP contribution in [0.15, 0.2) is 18.2 Å². The number of hydrogen-bond donors (Lipinski definition) is 1. The van der Waals surface area contributed by atoms with Crippen molar-refractivity contribution >= 4 is 11.6 Å². The normalized spacial score (nSPS) is 23.5. The molecule has 2 aliphatic heterocycles. The molecule has 0 saturated carbocycles. The predicted molar refractivity (Wildman–Crippen MR) is 80.5 cm³/mol. The Bertz CT molecular complexity index is 528. The molecule has 114 valence electrons. The Labute approximate surface area is 124 Å². The first kappa shape index (κ1) is 14.3. The van der Waals surface area contributed by atoms with Crippen LogP contribution in [0.3, 0.4) is 0 Å². The van der Waals surface area contributed by atoms with Gasteiger partial charge in [-0.2, -0.15) is 0 Å². The van der Waals surface area contributed by atoms with Crippen molar-refractivity contribution in [3.8, 4) is 0 Å². The number of carbonyl (C=O) groups is 1. The molecule has 0 aromatic heterocycles. The van der Waals surface area contributed by atoms with Crippen LogP contribution in [0.2, 0.25) is 0 Å². The van der Waals surface area contributed by atoms with E-state index in [1.807, 2.05) is 4.90 Å². The molecule has 21 heavy (non-hydrogen) atoms. The van der Waals surface area contributed by atoms with Gasteiger partial charge in [0.15, 0.2) is 0 Å². The van der Waals surface area contributed by atoms with Gasteiger partial charge in [0, 0.05) is 24.8 Å². The van der Waals surface area contributed by atoms with Crippen LogP contribution in [0.1, 0.15) is 36.0 Å². The van der Waals surface area contributed by atoms with Crippen LogP contribution in [0, 0.1) is 5.82 Å². The van der Waals surface area contributed by atoms with Crippen LogP contribution in [-0.4, -0.2) is 47.9 Å². The van der Waals surface area contributed by atoms with Gasteiger partial charge in [0.05, 0.1) is 5.56 Å². The molecule has 1 aromatic carbocycles. The zero-order chi connectivity index (χ0) is 14.8. The summed E-state index contributed by atoms with van der Waals surface area (Å²) >= 11 is 0. The largest absolute Gasteiger partial charge is 0.398 e. The molecule has 1 aromatic rings. The molecule has 3 rings (SSSR count). The zero-order valence-electron chi connectivity index (χ0n) is 12.2. The van der Waals surface area contributed by atoms with Crippen molar-refractivity contribution < 1.29 is 9.18 Å². The average Bonchev–Trinajstić information content (AvgIpc) is 3.00. The topological polar surface area (TPSA) is 49.6 Å². The van der Waals surface area contributed by atoms with E-state index in [1.165, 1.54) is 37.5 Å². The highest BCUT2D eigenvalue weighted by atomic mass is 19.1. The number of halogens is 1. The van der Waals surface area contributed by atoms with Gasteiger partial charge in [-0.25, -0.2) is 4.39 Å². The number of piperidine rings is 1. The Hall–Kier alpha value is -1.62. The summed E-state index contributed by atoms with van der Waals surface area (Å²) in [6.07, 6.45) is 4.81. The molecule has 2 N–H and O–H groups in total. The molecule has 2 saturated heterocycles. The van der Waals surface area contributed by atoms with Crippen LogP contribution in [-0.2, 0) is 0 Å². The first-order chi connectivity index (χ1) is 10.1. The third-order valence-electron chi connectivity index (χ3n) is 4.60. The molecule has 1 unspecified atom stereocenters. The summed E-state index contributed by atoms with van der Waals surface area (Å²) in [7, 11) is 0. The second kappa shape index (κ2) is 6.02. The molecule has 4 nitrogen and oxygen atoms in total. The van der Waals surface area contributed by atoms with Gasteiger partial charge >= 0.3 is 0 Å². The number of nitrogens with two attached hydrogens (primary N) is 1. The van der Waals surface area contributed by atoms with E-state index in [0.717, 1.165) is 32.6 Å². The molecular weight excluding hydrogens is 269 g/mol. The molecule has 2 fully saturated rings. The lowest BCUT2D eigenvalue weighted by molar-refractivity contribution is 0.0772. The number of hydrogen-bond acceptors (Lipinski definition) is 3. The minimum atomic E-state index is -0.417. The van der Waals surface area contributed by atoms with Crippen molar-refractivity contribution in [2.75, 3.05) is 31.9 Å². The highest BCUT2D eigenvalue weighted by Crippen LogP contribution is 2.23. The Kier molecular flexibility index (Phi) is 4.10. The molecule has 0 aliphatic carbocycles. The molecular formula is C16H22FN3O. The number of likely N-dealkylation sites (tertiary alicyclic amines) is 2. The van der Waals surface area contributed by atoms with Gasteiger partial charge in [-0.05, 0) is 50.6 Å². The molecule has 0 spiro atoms. The number of carbonyl (C=O) groups excluding carboxylic acids is 1. The number of benzene rings is 1. The number of nitrogen functional groups attached to an aromatic ring is 1. The minimum absolute atomic E-state index is 0.147. The summed E-state index contributed by atoms with van der Waals surface area (Å²) in [5.74, 6) is -0.564. The lowest BCUT2D eigenvalue weighted by Gasteiger charge is -2.32. The molecule has 2 aliphatic rings. The number of rotatable bonds is 2. The molecule has 0 radical (unpaired) electrons. The molecule has 1 amide bonds. The Morgan fingerprint density at radius 3 is 2.71 bits per heavy atom. The average molecular weight is 291 g/mol.